The van der Waals surface area contributed by atoms with Crippen molar-refractivity contribution in [3.05, 3.63) is 65.2 Å². The van der Waals surface area contributed by atoms with Crippen molar-refractivity contribution >= 4 is 0 Å². The molecule has 1 unspecified atom stereocenters. The zero-order valence-electron chi connectivity index (χ0n) is 10.7. The van der Waals surface area contributed by atoms with Crippen LogP contribution in [0.15, 0.2) is 42.7 Å². The Hall–Kier alpha value is -1.74. The maximum absolute atomic E-state index is 13.3. The van der Waals surface area contributed by atoms with Gasteiger partial charge in [0.25, 0.3) is 0 Å². The van der Waals surface area contributed by atoms with Gasteiger partial charge in [-0.3, -0.25) is 4.98 Å². The monoisotopic (exact) mass is 256 g/mol. The summed E-state index contributed by atoms with van der Waals surface area (Å²) in [6.07, 6.45) is 6.59. The summed E-state index contributed by atoms with van der Waals surface area (Å²) in [5.41, 5.74) is 9.43. The van der Waals surface area contributed by atoms with E-state index in [1.165, 1.54) is 37.1 Å². The first-order chi connectivity index (χ1) is 9.25. The number of hydrogen-bond acceptors (Lipinski definition) is 2. The van der Waals surface area contributed by atoms with Crippen molar-refractivity contribution < 1.29 is 4.39 Å². The molecular weight excluding hydrogens is 239 g/mol. The lowest BCUT2D eigenvalue weighted by Crippen LogP contribution is -2.18. The maximum atomic E-state index is 13.3. The summed E-state index contributed by atoms with van der Waals surface area (Å²) in [5.74, 6) is 0.276. The second kappa shape index (κ2) is 5.10. The zero-order chi connectivity index (χ0) is 13.2. The van der Waals surface area contributed by atoms with E-state index in [9.17, 15) is 4.39 Å². The van der Waals surface area contributed by atoms with Gasteiger partial charge >= 0.3 is 0 Å². The number of rotatable bonds is 3. The molecule has 0 amide bonds. The molecule has 3 heteroatoms. The number of hydrogen-bond donors (Lipinski definition) is 1. The normalized spacial score (nSPS) is 16.9. The topological polar surface area (TPSA) is 38.9 Å². The highest BCUT2D eigenvalue weighted by molar-refractivity contribution is 5.39. The van der Waals surface area contributed by atoms with Crippen LogP contribution in [0.3, 0.4) is 0 Å². The van der Waals surface area contributed by atoms with Crippen LogP contribution in [0.25, 0.3) is 0 Å². The summed E-state index contributed by atoms with van der Waals surface area (Å²) >= 11 is 0. The zero-order valence-corrected chi connectivity index (χ0v) is 10.7. The Balaban J connectivity index is 1.97. The van der Waals surface area contributed by atoms with E-state index in [1.54, 1.807) is 6.20 Å². The predicted molar refractivity (Wildman–Crippen MR) is 73.3 cm³/mol. The Morgan fingerprint density at radius 1 is 1.21 bits per heavy atom. The van der Waals surface area contributed by atoms with Crippen LogP contribution in [-0.2, 0) is 0 Å². The molecule has 1 aliphatic rings. The van der Waals surface area contributed by atoms with E-state index in [2.05, 4.69) is 11.1 Å². The third-order valence-corrected chi connectivity index (χ3v) is 3.96. The van der Waals surface area contributed by atoms with Crippen molar-refractivity contribution in [3.8, 4) is 0 Å². The summed E-state index contributed by atoms with van der Waals surface area (Å²) in [4.78, 5) is 3.88. The van der Waals surface area contributed by atoms with Gasteiger partial charge in [-0.15, -0.1) is 0 Å². The number of benzene rings is 1. The molecule has 1 aromatic carbocycles. The van der Waals surface area contributed by atoms with Crippen molar-refractivity contribution in [2.24, 2.45) is 5.73 Å². The first kappa shape index (κ1) is 12.3. The van der Waals surface area contributed by atoms with E-state index in [0.29, 0.717) is 5.92 Å². The Kier molecular flexibility index (Phi) is 3.30. The molecule has 2 aromatic rings. The SMILES string of the molecule is NC(c1cncc(F)c1)c1ccccc1C1CCC1. The van der Waals surface area contributed by atoms with Gasteiger partial charge in [-0.1, -0.05) is 30.7 Å². The minimum Gasteiger partial charge on any atom is -0.320 e. The van der Waals surface area contributed by atoms with E-state index < -0.39 is 0 Å². The fraction of sp³-hybridized carbons (Fsp3) is 0.312. The molecule has 0 bridgehead atoms. The van der Waals surface area contributed by atoms with Gasteiger partial charge in [0.15, 0.2) is 0 Å². The standard InChI is InChI=1S/C16H17FN2/c17-13-8-12(9-19-10-13)16(18)15-7-2-1-6-14(15)11-4-3-5-11/h1-2,6-11,16H,3-5,18H2. The first-order valence-corrected chi connectivity index (χ1v) is 6.70. The Morgan fingerprint density at radius 2 is 2.00 bits per heavy atom. The van der Waals surface area contributed by atoms with E-state index >= 15 is 0 Å². The molecule has 2 N–H and O–H groups in total. The molecule has 2 nitrogen and oxygen atoms in total. The van der Waals surface area contributed by atoms with Crippen LogP contribution in [0.1, 0.15) is 47.9 Å². The van der Waals surface area contributed by atoms with Crippen LogP contribution in [0, 0.1) is 5.82 Å². The van der Waals surface area contributed by atoms with E-state index in [1.807, 2.05) is 18.2 Å². The van der Waals surface area contributed by atoms with Gasteiger partial charge in [-0.05, 0) is 41.5 Å². The fourth-order valence-electron chi connectivity index (χ4n) is 2.66. The molecule has 0 spiro atoms. The second-order valence-electron chi connectivity index (χ2n) is 5.17. The van der Waals surface area contributed by atoms with Crippen LogP contribution >= 0.6 is 0 Å². The van der Waals surface area contributed by atoms with Crippen LogP contribution in [0.2, 0.25) is 0 Å². The molecule has 0 aliphatic heterocycles. The van der Waals surface area contributed by atoms with Crippen molar-refractivity contribution in [2.75, 3.05) is 0 Å². The summed E-state index contributed by atoms with van der Waals surface area (Å²) < 4.78 is 13.3. The fourth-order valence-corrected chi connectivity index (χ4v) is 2.66. The molecule has 3 rings (SSSR count). The lowest BCUT2D eigenvalue weighted by molar-refractivity contribution is 0.416. The first-order valence-electron chi connectivity index (χ1n) is 6.70. The van der Waals surface area contributed by atoms with E-state index in [4.69, 9.17) is 5.73 Å². The Bertz CT molecular complexity index is 578. The molecule has 1 fully saturated rings. The third kappa shape index (κ3) is 2.38. The molecule has 1 atom stereocenters. The summed E-state index contributed by atoms with van der Waals surface area (Å²) in [6.45, 7) is 0. The Morgan fingerprint density at radius 3 is 2.68 bits per heavy atom. The van der Waals surface area contributed by atoms with Crippen molar-refractivity contribution in [1.29, 1.82) is 0 Å². The maximum Gasteiger partial charge on any atom is 0.141 e. The molecule has 19 heavy (non-hydrogen) atoms. The van der Waals surface area contributed by atoms with Gasteiger partial charge in [-0.25, -0.2) is 4.39 Å². The minimum atomic E-state index is -0.339. The van der Waals surface area contributed by atoms with Crippen LogP contribution < -0.4 is 5.73 Å². The molecular formula is C16H17FN2. The smallest absolute Gasteiger partial charge is 0.141 e. The summed E-state index contributed by atoms with van der Waals surface area (Å²) in [7, 11) is 0. The molecule has 0 radical (unpaired) electrons. The van der Waals surface area contributed by atoms with Gasteiger partial charge in [0.2, 0.25) is 0 Å². The number of halogens is 1. The van der Waals surface area contributed by atoms with Gasteiger partial charge in [0, 0.05) is 6.20 Å². The van der Waals surface area contributed by atoms with Crippen molar-refractivity contribution in [3.63, 3.8) is 0 Å². The number of pyridine rings is 1. The Labute approximate surface area is 112 Å². The highest BCUT2D eigenvalue weighted by Crippen LogP contribution is 2.39. The highest BCUT2D eigenvalue weighted by atomic mass is 19.1. The minimum absolute atomic E-state index is 0.306. The lowest BCUT2D eigenvalue weighted by atomic mass is 9.77. The van der Waals surface area contributed by atoms with E-state index in [0.717, 1.165) is 11.1 Å². The van der Waals surface area contributed by atoms with Crippen LogP contribution in [0.4, 0.5) is 4.39 Å². The third-order valence-electron chi connectivity index (χ3n) is 3.96. The quantitative estimate of drug-likeness (QED) is 0.912. The lowest BCUT2D eigenvalue weighted by Gasteiger charge is -2.29. The molecule has 1 aromatic heterocycles. The van der Waals surface area contributed by atoms with Crippen LogP contribution in [0.5, 0.6) is 0 Å². The molecule has 1 saturated carbocycles. The average Bonchev–Trinajstić information content (AvgIpc) is 2.37. The second-order valence-corrected chi connectivity index (χ2v) is 5.17. The average molecular weight is 256 g/mol. The molecule has 98 valence electrons. The number of aromatic nitrogens is 1. The summed E-state index contributed by atoms with van der Waals surface area (Å²) in [5, 5.41) is 0. The largest absolute Gasteiger partial charge is 0.320 e. The predicted octanol–water partition coefficient (Wildman–Crippen LogP) is 3.54. The molecule has 0 saturated heterocycles. The van der Waals surface area contributed by atoms with Gasteiger partial charge < -0.3 is 5.73 Å². The molecule has 1 aliphatic carbocycles. The molecule has 1 heterocycles. The van der Waals surface area contributed by atoms with E-state index in [-0.39, 0.29) is 11.9 Å². The van der Waals surface area contributed by atoms with Gasteiger partial charge in [-0.2, -0.15) is 0 Å². The van der Waals surface area contributed by atoms with Gasteiger partial charge in [0.05, 0.1) is 12.2 Å². The van der Waals surface area contributed by atoms with Crippen molar-refractivity contribution in [1.82, 2.24) is 4.98 Å². The van der Waals surface area contributed by atoms with Gasteiger partial charge in [0.1, 0.15) is 5.82 Å². The highest BCUT2D eigenvalue weighted by Gasteiger charge is 2.24. The number of nitrogens with two attached hydrogens (primary N) is 1. The summed E-state index contributed by atoms with van der Waals surface area (Å²) in [6, 6.07) is 9.39. The van der Waals surface area contributed by atoms with Crippen LogP contribution in [-0.4, -0.2) is 4.98 Å². The van der Waals surface area contributed by atoms with Crippen molar-refractivity contribution in [2.45, 2.75) is 31.2 Å². The number of nitrogens with zero attached hydrogens (tertiary/aromatic N) is 1.